The van der Waals surface area contributed by atoms with E-state index in [0.717, 1.165) is 27.7 Å². The van der Waals surface area contributed by atoms with Gasteiger partial charge in [-0.2, -0.15) is 43.9 Å². The second kappa shape index (κ2) is 10.3. The number of alkyl halides is 6. The van der Waals surface area contributed by atoms with Crippen LogP contribution in [0.1, 0.15) is 40.3 Å². The number of hydrogen-bond donors (Lipinski definition) is 0. The summed E-state index contributed by atoms with van der Waals surface area (Å²) in [6, 6.07) is -2.36. The molecule has 0 aliphatic heterocycles. The molecule has 2 rings (SSSR count). The molecule has 37 heavy (non-hydrogen) atoms. The summed E-state index contributed by atoms with van der Waals surface area (Å²) >= 11 is 0. The minimum atomic E-state index is -6.02. The maximum absolute atomic E-state index is 14.5. The first-order valence-electron chi connectivity index (χ1n) is 10.2. The molecule has 204 valence electrons. The van der Waals surface area contributed by atoms with E-state index in [2.05, 4.69) is 9.47 Å². The highest BCUT2D eigenvalue weighted by atomic mass is 19.4. The number of aryl methyl sites for hydroxylation is 4. The number of ether oxygens (including phenoxy) is 2. The van der Waals surface area contributed by atoms with Crippen molar-refractivity contribution in [3.8, 4) is 11.5 Å². The normalized spacial score (nSPS) is 13.3. The van der Waals surface area contributed by atoms with E-state index in [1.807, 2.05) is 0 Å². The van der Waals surface area contributed by atoms with Gasteiger partial charge in [-0.1, -0.05) is 24.3 Å². The quantitative estimate of drug-likeness (QED) is 0.265. The summed E-state index contributed by atoms with van der Waals surface area (Å²) in [6.07, 6.45) is -14.9. The van der Waals surface area contributed by atoms with Gasteiger partial charge in [-0.15, -0.1) is 0 Å². The van der Waals surface area contributed by atoms with Crippen LogP contribution in [0.25, 0.3) is 0 Å². The van der Waals surface area contributed by atoms with E-state index in [1.54, 1.807) is 0 Å². The highest BCUT2D eigenvalue weighted by Gasteiger charge is 2.72. The molecular weight excluding hydrogens is 529 g/mol. The Morgan fingerprint density at radius 1 is 0.568 bits per heavy atom. The molecule has 0 saturated carbocycles. The molecule has 0 fully saturated rings. The summed E-state index contributed by atoms with van der Waals surface area (Å²) in [7, 11) is 0. The molecule has 0 saturated heterocycles. The largest absolute Gasteiger partial charge is 0.429 e. The van der Waals surface area contributed by atoms with Crippen molar-refractivity contribution in [2.45, 2.75) is 52.4 Å². The third-order valence-corrected chi connectivity index (χ3v) is 5.44. The average Bonchev–Trinajstić information content (AvgIpc) is 2.71. The second-order valence-corrected chi connectivity index (χ2v) is 8.17. The van der Waals surface area contributed by atoms with Crippen LogP contribution < -0.4 is 9.47 Å². The first kappa shape index (κ1) is 30.0. The van der Waals surface area contributed by atoms with Crippen LogP contribution in [-0.2, 0) is 5.41 Å². The predicted octanol–water partition coefficient (Wildman–Crippen LogP) is 9.25. The van der Waals surface area contributed by atoms with Gasteiger partial charge < -0.3 is 9.47 Å². The zero-order chi connectivity index (χ0) is 28.7. The van der Waals surface area contributed by atoms with Gasteiger partial charge in [0, 0.05) is 0 Å². The monoisotopic (exact) mass is 548 g/mol. The Kier molecular flexibility index (Phi) is 8.31. The fourth-order valence-corrected chi connectivity index (χ4v) is 3.93. The Morgan fingerprint density at radius 2 is 0.865 bits per heavy atom. The van der Waals surface area contributed by atoms with E-state index in [4.69, 9.17) is 0 Å². The van der Waals surface area contributed by atoms with Crippen LogP contribution in [0.5, 0.6) is 11.5 Å². The van der Waals surface area contributed by atoms with Gasteiger partial charge in [0.05, 0.1) is 0 Å². The molecule has 0 atom stereocenters. The molecule has 13 heteroatoms. The van der Waals surface area contributed by atoms with Crippen molar-refractivity contribution >= 4 is 0 Å². The summed E-state index contributed by atoms with van der Waals surface area (Å²) < 4.78 is 161. The van der Waals surface area contributed by atoms with Gasteiger partial charge in [0.1, 0.15) is 11.5 Å². The van der Waals surface area contributed by atoms with Gasteiger partial charge >= 0.3 is 30.5 Å². The zero-order valence-corrected chi connectivity index (χ0v) is 19.8. The summed E-state index contributed by atoms with van der Waals surface area (Å²) in [5.41, 5.74) is -9.10. The minimum absolute atomic E-state index is 0.372. The van der Waals surface area contributed by atoms with E-state index < -0.39 is 75.5 Å². The number of hydrogen-bond acceptors (Lipinski definition) is 2. The van der Waals surface area contributed by atoms with Gasteiger partial charge in [0.2, 0.25) is 5.41 Å². The molecule has 0 aliphatic rings. The van der Waals surface area contributed by atoms with Crippen LogP contribution in [0.15, 0.2) is 48.2 Å². The first-order chi connectivity index (χ1) is 16.7. The topological polar surface area (TPSA) is 18.5 Å². The zero-order valence-electron chi connectivity index (χ0n) is 19.8. The Hall–Kier alpha value is -3.25. The maximum Gasteiger partial charge on any atom is 0.411 e. The molecule has 0 radical (unpaired) electrons. The van der Waals surface area contributed by atoms with Gasteiger partial charge in [0.25, 0.3) is 0 Å². The van der Waals surface area contributed by atoms with Gasteiger partial charge in [0.15, 0.2) is 5.83 Å². The predicted molar refractivity (Wildman–Crippen MR) is 111 cm³/mol. The van der Waals surface area contributed by atoms with Crippen LogP contribution >= 0.6 is 0 Å². The van der Waals surface area contributed by atoms with Crippen molar-refractivity contribution in [1.82, 2.24) is 0 Å². The summed E-state index contributed by atoms with van der Waals surface area (Å²) in [6.45, 7) is 4.67. The van der Waals surface area contributed by atoms with Crippen molar-refractivity contribution in [3.05, 3.63) is 81.6 Å². The van der Waals surface area contributed by atoms with E-state index in [1.165, 1.54) is 0 Å². The summed E-state index contributed by atoms with van der Waals surface area (Å²) in [5.74, 6) is -2.61. The Bertz CT molecular complexity index is 1100. The Morgan fingerprint density at radius 3 is 1.11 bits per heavy atom. The van der Waals surface area contributed by atoms with Crippen molar-refractivity contribution < 1.29 is 57.8 Å². The number of benzene rings is 2. The summed E-state index contributed by atoms with van der Waals surface area (Å²) in [4.78, 5) is 0. The fourth-order valence-electron chi connectivity index (χ4n) is 3.93. The minimum Gasteiger partial charge on any atom is -0.429 e. The van der Waals surface area contributed by atoms with Crippen LogP contribution in [-0.4, -0.2) is 12.4 Å². The number of rotatable bonds is 6. The molecule has 0 aromatic heterocycles. The molecule has 2 aromatic rings. The van der Waals surface area contributed by atoms with Crippen molar-refractivity contribution in [3.63, 3.8) is 0 Å². The number of allylic oxidation sites excluding steroid dienone is 1. The molecule has 0 unspecified atom stereocenters. The first-order valence-corrected chi connectivity index (χ1v) is 10.2. The third kappa shape index (κ3) is 5.54. The SMILES string of the molecule is C/C(F)=C(/F)Oc1c(C)cc(C(c2cc(C)c(OC(F)=C(F)F)c(C)c2)(C(F)(F)F)C(F)(F)F)cc1C. The fraction of sp³-hybridized carbons (Fsp3) is 0.333. The van der Waals surface area contributed by atoms with Crippen molar-refractivity contribution in [1.29, 1.82) is 0 Å². The molecule has 0 heterocycles. The average molecular weight is 548 g/mol. The molecule has 0 bridgehead atoms. The summed E-state index contributed by atoms with van der Waals surface area (Å²) in [5, 5.41) is 0. The molecule has 2 aromatic carbocycles. The second-order valence-electron chi connectivity index (χ2n) is 8.17. The van der Waals surface area contributed by atoms with Crippen LogP contribution in [0.2, 0.25) is 0 Å². The molecule has 0 spiro atoms. The highest BCUT2D eigenvalue weighted by Crippen LogP contribution is 2.57. The molecule has 0 aliphatic carbocycles. The van der Waals surface area contributed by atoms with Crippen molar-refractivity contribution in [2.24, 2.45) is 0 Å². The van der Waals surface area contributed by atoms with E-state index >= 15 is 0 Å². The van der Waals surface area contributed by atoms with E-state index in [-0.39, 0.29) is 11.1 Å². The maximum atomic E-state index is 14.5. The lowest BCUT2D eigenvalue weighted by Gasteiger charge is -2.39. The van der Waals surface area contributed by atoms with E-state index in [9.17, 15) is 48.3 Å². The van der Waals surface area contributed by atoms with Crippen LogP contribution in [0.3, 0.4) is 0 Å². The molecule has 0 amide bonds. The number of halogens is 11. The van der Waals surface area contributed by atoms with Crippen molar-refractivity contribution in [2.75, 3.05) is 0 Å². The molecule has 0 N–H and O–H groups in total. The van der Waals surface area contributed by atoms with Crippen LogP contribution in [0.4, 0.5) is 48.3 Å². The molecule has 2 nitrogen and oxygen atoms in total. The third-order valence-electron chi connectivity index (χ3n) is 5.44. The standard InChI is InChI=1S/C24H19F11O2/c1-10-6-15(7-11(2)17(10)36-20(28)14(5)25)22(23(30,31)32,24(33,34)35)16-8-12(3)18(13(4)9-16)37-21(29)19(26)27/h6-9H,1-5H3/b20-14+. The van der Waals surface area contributed by atoms with Gasteiger partial charge in [-0.25, -0.2) is 4.39 Å². The van der Waals surface area contributed by atoms with Gasteiger partial charge in [-0.05, 0) is 68.0 Å². The Labute approximate surface area is 204 Å². The smallest absolute Gasteiger partial charge is 0.411 e. The van der Waals surface area contributed by atoms with E-state index in [0.29, 0.717) is 31.2 Å². The lowest BCUT2D eigenvalue weighted by molar-refractivity contribution is -0.288. The lowest BCUT2D eigenvalue weighted by Crippen LogP contribution is -2.55. The molecular formula is C24H19F11O2. The van der Waals surface area contributed by atoms with Crippen LogP contribution in [0, 0.1) is 27.7 Å². The lowest BCUT2D eigenvalue weighted by atomic mass is 9.71. The Balaban J connectivity index is 2.94. The van der Waals surface area contributed by atoms with Gasteiger partial charge in [-0.3, -0.25) is 0 Å². The highest BCUT2D eigenvalue weighted by molar-refractivity contribution is 5.55.